The van der Waals surface area contributed by atoms with Gasteiger partial charge in [-0.3, -0.25) is 0 Å². The molecule has 0 bridgehead atoms. The Morgan fingerprint density at radius 2 is 2.38 bits per heavy atom. The number of aromatic nitrogens is 5. The second kappa shape index (κ2) is 6.15. The Bertz CT molecular complexity index is 689. The standard InChI is InChI=1S/C13H16N6OS/c1-2-4-9(14)10-7-19(18-16-10)8-12-15-13(20-17-12)11-5-3-6-21-11/h3,5-7,9H,2,4,8,14H2,1H3. The van der Waals surface area contributed by atoms with E-state index in [1.165, 1.54) is 0 Å². The Balaban J connectivity index is 1.70. The van der Waals surface area contributed by atoms with Gasteiger partial charge in [0.05, 0.1) is 22.8 Å². The molecule has 3 aromatic rings. The van der Waals surface area contributed by atoms with Gasteiger partial charge in [-0.15, -0.1) is 16.4 Å². The van der Waals surface area contributed by atoms with Crippen molar-refractivity contribution in [3.8, 4) is 10.8 Å². The molecule has 0 saturated heterocycles. The van der Waals surface area contributed by atoms with Gasteiger partial charge in [0.1, 0.15) is 6.54 Å². The monoisotopic (exact) mass is 304 g/mol. The molecule has 7 nitrogen and oxygen atoms in total. The molecule has 1 unspecified atom stereocenters. The highest BCUT2D eigenvalue weighted by Crippen LogP contribution is 2.22. The molecule has 0 amide bonds. The summed E-state index contributed by atoms with van der Waals surface area (Å²) in [5.41, 5.74) is 6.81. The first kappa shape index (κ1) is 13.9. The summed E-state index contributed by atoms with van der Waals surface area (Å²) in [6, 6.07) is 3.82. The van der Waals surface area contributed by atoms with Gasteiger partial charge in [-0.05, 0) is 17.9 Å². The fourth-order valence-corrected chi connectivity index (χ4v) is 2.63. The molecule has 3 aromatic heterocycles. The highest BCUT2D eigenvalue weighted by atomic mass is 32.1. The Kier molecular flexibility index (Phi) is 4.07. The number of hydrogen-bond donors (Lipinski definition) is 1. The summed E-state index contributed by atoms with van der Waals surface area (Å²) in [5.74, 6) is 1.10. The molecule has 2 N–H and O–H groups in total. The van der Waals surface area contributed by atoms with Crippen LogP contribution in [0, 0.1) is 0 Å². The van der Waals surface area contributed by atoms with Crippen molar-refractivity contribution in [1.29, 1.82) is 0 Å². The third kappa shape index (κ3) is 3.17. The van der Waals surface area contributed by atoms with E-state index in [-0.39, 0.29) is 6.04 Å². The van der Waals surface area contributed by atoms with Gasteiger partial charge < -0.3 is 10.3 Å². The minimum atomic E-state index is -0.0734. The molecule has 8 heteroatoms. The number of rotatable bonds is 6. The molecule has 0 saturated carbocycles. The molecule has 21 heavy (non-hydrogen) atoms. The Morgan fingerprint density at radius 3 is 3.14 bits per heavy atom. The van der Waals surface area contributed by atoms with Crippen LogP contribution in [-0.4, -0.2) is 25.1 Å². The van der Waals surface area contributed by atoms with Crippen LogP contribution in [0.1, 0.15) is 37.3 Å². The van der Waals surface area contributed by atoms with Crippen molar-refractivity contribution in [1.82, 2.24) is 25.1 Å². The van der Waals surface area contributed by atoms with Gasteiger partial charge in [0, 0.05) is 0 Å². The summed E-state index contributed by atoms with van der Waals surface area (Å²) in [4.78, 5) is 5.31. The van der Waals surface area contributed by atoms with Crippen LogP contribution >= 0.6 is 11.3 Å². The highest BCUT2D eigenvalue weighted by Gasteiger charge is 2.13. The van der Waals surface area contributed by atoms with E-state index in [1.54, 1.807) is 16.0 Å². The van der Waals surface area contributed by atoms with Crippen molar-refractivity contribution in [2.45, 2.75) is 32.4 Å². The average Bonchev–Trinajstić information content (AvgIpc) is 3.20. The molecular weight excluding hydrogens is 288 g/mol. The van der Waals surface area contributed by atoms with E-state index in [9.17, 15) is 0 Å². The number of hydrogen-bond acceptors (Lipinski definition) is 7. The van der Waals surface area contributed by atoms with Gasteiger partial charge in [-0.25, -0.2) is 4.68 Å². The molecule has 0 aliphatic carbocycles. The average molecular weight is 304 g/mol. The summed E-state index contributed by atoms with van der Waals surface area (Å²) < 4.78 is 6.91. The third-order valence-corrected chi connectivity index (χ3v) is 3.90. The van der Waals surface area contributed by atoms with E-state index >= 15 is 0 Å². The fraction of sp³-hybridized carbons (Fsp3) is 0.385. The van der Waals surface area contributed by atoms with E-state index < -0.39 is 0 Å². The first-order valence-electron chi connectivity index (χ1n) is 6.78. The van der Waals surface area contributed by atoms with Gasteiger partial charge in [0.25, 0.3) is 5.89 Å². The van der Waals surface area contributed by atoms with Crippen LogP contribution in [0.3, 0.4) is 0 Å². The maximum atomic E-state index is 6.02. The molecule has 0 fully saturated rings. The van der Waals surface area contributed by atoms with E-state index in [2.05, 4.69) is 27.4 Å². The second-order valence-electron chi connectivity index (χ2n) is 4.73. The molecule has 0 aliphatic rings. The predicted molar refractivity (Wildman–Crippen MR) is 78.6 cm³/mol. The van der Waals surface area contributed by atoms with Crippen LogP contribution in [0.25, 0.3) is 10.8 Å². The van der Waals surface area contributed by atoms with Crippen LogP contribution in [0.5, 0.6) is 0 Å². The largest absolute Gasteiger partial charge is 0.333 e. The maximum absolute atomic E-state index is 6.02. The Labute approximate surface area is 125 Å². The summed E-state index contributed by atoms with van der Waals surface area (Å²) in [6.45, 7) is 2.51. The zero-order valence-electron chi connectivity index (χ0n) is 11.6. The van der Waals surface area contributed by atoms with Crippen LogP contribution in [-0.2, 0) is 6.54 Å². The minimum Gasteiger partial charge on any atom is -0.333 e. The van der Waals surface area contributed by atoms with Crippen molar-refractivity contribution in [3.63, 3.8) is 0 Å². The van der Waals surface area contributed by atoms with Gasteiger partial charge in [-0.1, -0.05) is 29.8 Å². The quantitative estimate of drug-likeness (QED) is 0.750. The van der Waals surface area contributed by atoms with E-state index in [1.807, 2.05) is 23.7 Å². The molecule has 0 aromatic carbocycles. The van der Waals surface area contributed by atoms with E-state index in [0.29, 0.717) is 18.3 Å². The molecule has 0 spiro atoms. The van der Waals surface area contributed by atoms with Crippen molar-refractivity contribution in [3.05, 3.63) is 35.2 Å². The molecular formula is C13H16N6OS. The number of thiophene rings is 1. The van der Waals surface area contributed by atoms with Crippen molar-refractivity contribution < 1.29 is 4.52 Å². The molecule has 0 aliphatic heterocycles. The fourth-order valence-electron chi connectivity index (χ4n) is 1.98. The molecule has 3 heterocycles. The summed E-state index contributed by atoms with van der Waals surface area (Å²) in [7, 11) is 0. The lowest BCUT2D eigenvalue weighted by molar-refractivity contribution is 0.419. The molecule has 0 radical (unpaired) electrons. The predicted octanol–water partition coefficient (Wildman–Crippen LogP) is 2.24. The molecule has 3 rings (SSSR count). The minimum absolute atomic E-state index is 0.0734. The van der Waals surface area contributed by atoms with E-state index in [0.717, 1.165) is 23.4 Å². The Morgan fingerprint density at radius 1 is 1.48 bits per heavy atom. The van der Waals surface area contributed by atoms with Gasteiger partial charge in [0.2, 0.25) is 0 Å². The summed E-state index contributed by atoms with van der Waals surface area (Å²) in [6.07, 6.45) is 3.74. The summed E-state index contributed by atoms with van der Waals surface area (Å²) >= 11 is 1.56. The normalized spacial score (nSPS) is 12.7. The lowest BCUT2D eigenvalue weighted by Crippen LogP contribution is -2.10. The van der Waals surface area contributed by atoms with Gasteiger partial charge in [0.15, 0.2) is 5.82 Å². The Hall–Kier alpha value is -2.06. The third-order valence-electron chi connectivity index (χ3n) is 3.04. The summed E-state index contributed by atoms with van der Waals surface area (Å²) in [5, 5.41) is 14.1. The van der Waals surface area contributed by atoms with Crippen molar-refractivity contribution >= 4 is 11.3 Å². The van der Waals surface area contributed by atoms with Gasteiger partial charge in [-0.2, -0.15) is 4.98 Å². The second-order valence-corrected chi connectivity index (χ2v) is 5.68. The zero-order chi connectivity index (χ0) is 14.7. The van der Waals surface area contributed by atoms with Crippen LogP contribution < -0.4 is 5.73 Å². The number of nitrogens with zero attached hydrogens (tertiary/aromatic N) is 5. The molecule has 1 atom stereocenters. The van der Waals surface area contributed by atoms with Crippen LogP contribution in [0.2, 0.25) is 0 Å². The molecule has 110 valence electrons. The smallest absolute Gasteiger partial charge is 0.268 e. The van der Waals surface area contributed by atoms with Crippen LogP contribution in [0.15, 0.2) is 28.2 Å². The van der Waals surface area contributed by atoms with E-state index in [4.69, 9.17) is 10.3 Å². The zero-order valence-corrected chi connectivity index (χ0v) is 12.5. The van der Waals surface area contributed by atoms with Gasteiger partial charge >= 0.3 is 0 Å². The maximum Gasteiger partial charge on any atom is 0.268 e. The van der Waals surface area contributed by atoms with Crippen molar-refractivity contribution in [2.75, 3.05) is 0 Å². The number of nitrogens with two attached hydrogens (primary N) is 1. The topological polar surface area (TPSA) is 95.7 Å². The first-order chi connectivity index (χ1) is 10.3. The lowest BCUT2D eigenvalue weighted by Gasteiger charge is -2.04. The van der Waals surface area contributed by atoms with Crippen molar-refractivity contribution in [2.24, 2.45) is 5.73 Å². The lowest BCUT2D eigenvalue weighted by atomic mass is 10.1. The SMILES string of the molecule is CCCC(N)c1cn(Cc2noc(-c3cccs3)n2)nn1. The van der Waals surface area contributed by atoms with Crippen LogP contribution in [0.4, 0.5) is 0 Å². The first-order valence-corrected chi connectivity index (χ1v) is 7.66. The highest BCUT2D eigenvalue weighted by molar-refractivity contribution is 7.13.